The van der Waals surface area contributed by atoms with E-state index in [0.29, 0.717) is 13.0 Å². The molecule has 0 heterocycles. The summed E-state index contributed by atoms with van der Waals surface area (Å²) in [6.45, 7) is 4.53. The number of aliphatic hydroxyl groups is 1. The van der Waals surface area contributed by atoms with Crippen LogP contribution in [0.4, 0.5) is 0 Å². The van der Waals surface area contributed by atoms with Crippen LogP contribution in [0.1, 0.15) is 42.4 Å². The lowest BCUT2D eigenvalue weighted by Crippen LogP contribution is -2.42. The molecule has 0 bridgehead atoms. The van der Waals surface area contributed by atoms with Crippen molar-refractivity contribution in [3.8, 4) is 0 Å². The van der Waals surface area contributed by atoms with Crippen molar-refractivity contribution < 1.29 is 9.90 Å². The van der Waals surface area contributed by atoms with Crippen molar-refractivity contribution in [2.24, 2.45) is 0 Å². The molecule has 0 atom stereocenters. The number of carbonyl (C=O) groups excluding carboxylic acids is 1. The summed E-state index contributed by atoms with van der Waals surface area (Å²) in [6.07, 6.45) is 4.17. The van der Waals surface area contributed by atoms with E-state index in [2.05, 4.69) is 18.2 Å². The summed E-state index contributed by atoms with van der Waals surface area (Å²) in [4.78, 5) is 14.0. The van der Waals surface area contributed by atoms with E-state index < -0.39 is 5.60 Å². The van der Waals surface area contributed by atoms with Gasteiger partial charge in [0, 0.05) is 13.6 Å². The maximum Gasteiger partial charge on any atom is 0.226 e. The van der Waals surface area contributed by atoms with Gasteiger partial charge in [0.15, 0.2) is 0 Å². The molecular formula is C17H25NO2. The van der Waals surface area contributed by atoms with E-state index in [1.807, 2.05) is 13.8 Å². The number of rotatable bonds is 4. The first-order valence-electron chi connectivity index (χ1n) is 7.42. The highest BCUT2D eigenvalue weighted by atomic mass is 16.3. The fraction of sp³-hybridized carbons (Fsp3) is 0.588. The summed E-state index contributed by atoms with van der Waals surface area (Å²) in [5.41, 5.74) is 2.75. The molecule has 1 aliphatic carbocycles. The van der Waals surface area contributed by atoms with Crippen molar-refractivity contribution in [1.29, 1.82) is 0 Å². The standard InChI is InChI=1S/C17H25NO2/c1-13-6-7-14(2)15(10-13)11-16(19)18(3)12-17(20)8-4-5-9-17/h6-7,10,20H,4-5,8-9,11-12H2,1-3H3. The van der Waals surface area contributed by atoms with E-state index in [4.69, 9.17) is 0 Å². The second-order valence-electron chi connectivity index (χ2n) is 6.29. The third kappa shape index (κ3) is 3.60. The van der Waals surface area contributed by atoms with Crippen molar-refractivity contribution in [2.45, 2.75) is 51.6 Å². The molecule has 1 aliphatic rings. The smallest absolute Gasteiger partial charge is 0.226 e. The third-order valence-electron chi connectivity index (χ3n) is 4.34. The van der Waals surface area contributed by atoms with Crippen molar-refractivity contribution in [3.63, 3.8) is 0 Å². The van der Waals surface area contributed by atoms with Gasteiger partial charge in [-0.1, -0.05) is 36.6 Å². The van der Waals surface area contributed by atoms with Crippen molar-refractivity contribution in [1.82, 2.24) is 4.90 Å². The largest absolute Gasteiger partial charge is 0.388 e. The first-order chi connectivity index (χ1) is 9.39. The molecule has 1 fully saturated rings. The van der Waals surface area contributed by atoms with Gasteiger partial charge in [-0.05, 0) is 37.8 Å². The third-order valence-corrected chi connectivity index (χ3v) is 4.34. The van der Waals surface area contributed by atoms with E-state index in [9.17, 15) is 9.90 Å². The van der Waals surface area contributed by atoms with Crippen LogP contribution in [0, 0.1) is 13.8 Å². The zero-order valence-electron chi connectivity index (χ0n) is 12.8. The zero-order chi connectivity index (χ0) is 14.8. The van der Waals surface area contributed by atoms with Crippen LogP contribution in [0.25, 0.3) is 0 Å². The fourth-order valence-corrected chi connectivity index (χ4v) is 3.01. The van der Waals surface area contributed by atoms with Gasteiger partial charge < -0.3 is 10.0 Å². The minimum Gasteiger partial charge on any atom is -0.388 e. The van der Waals surface area contributed by atoms with Gasteiger partial charge in [-0.3, -0.25) is 4.79 Å². The Morgan fingerprint density at radius 1 is 1.30 bits per heavy atom. The van der Waals surface area contributed by atoms with Gasteiger partial charge in [0.05, 0.1) is 12.0 Å². The van der Waals surface area contributed by atoms with Crippen LogP contribution < -0.4 is 0 Å². The topological polar surface area (TPSA) is 40.5 Å². The van der Waals surface area contributed by atoms with Crippen LogP contribution in [-0.4, -0.2) is 35.1 Å². The Kier molecular flexibility index (Phi) is 4.48. The molecule has 0 unspecified atom stereocenters. The second-order valence-corrected chi connectivity index (χ2v) is 6.29. The summed E-state index contributed by atoms with van der Waals surface area (Å²) in [5.74, 6) is 0.0824. The maximum absolute atomic E-state index is 12.3. The molecule has 2 rings (SSSR count). The SMILES string of the molecule is Cc1ccc(C)c(CC(=O)N(C)CC2(O)CCCC2)c1. The molecule has 0 radical (unpaired) electrons. The maximum atomic E-state index is 12.3. The Morgan fingerprint density at radius 2 is 1.95 bits per heavy atom. The van der Waals surface area contributed by atoms with E-state index in [-0.39, 0.29) is 5.91 Å². The Hall–Kier alpha value is -1.35. The molecule has 110 valence electrons. The molecule has 3 heteroatoms. The zero-order valence-corrected chi connectivity index (χ0v) is 12.8. The number of hydrogen-bond donors (Lipinski definition) is 1. The van der Waals surface area contributed by atoms with Gasteiger partial charge >= 0.3 is 0 Å². The van der Waals surface area contributed by atoms with E-state index >= 15 is 0 Å². The number of nitrogens with zero attached hydrogens (tertiary/aromatic N) is 1. The van der Waals surface area contributed by atoms with Crippen molar-refractivity contribution >= 4 is 5.91 Å². The molecule has 0 aliphatic heterocycles. The highest BCUT2D eigenvalue weighted by Crippen LogP contribution is 2.30. The Balaban J connectivity index is 1.98. The lowest BCUT2D eigenvalue weighted by molar-refractivity contribution is -0.132. The number of benzene rings is 1. The number of aryl methyl sites for hydroxylation is 2. The van der Waals surface area contributed by atoms with Gasteiger partial charge in [0.25, 0.3) is 0 Å². The molecule has 0 spiro atoms. The van der Waals surface area contributed by atoms with Gasteiger partial charge in [-0.15, -0.1) is 0 Å². The van der Waals surface area contributed by atoms with Gasteiger partial charge in [-0.2, -0.15) is 0 Å². The average molecular weight is 275 g/mol. The van der Waals surface area contributed by atoms with Gasteiger partial charge in [-0.25, -0.2) is 0 Å². The van der Waals surface area contributed by atoms with Crippen LogP contribution in [0.3, 0.4) is 0 Å². The van der Waals surface area contributed by atoms with Crippen LogP contribution in [0.15, 0.2) is 18.2 Å². The lowest BCUT2D eigenvalue weighted by atomic mass is 10.00. The van der Waals surface area contributed by atoms with Crippen LogP contribution >= 0.6 is 0 Å². The highest BCUT2D eigenvalue weighted by Gasteiger charge is 2.33. The molecule has 1 aromatic carbocycles. The van der Waals surface area contributed by atoms with Gasteiger partial charge in [0.2, 0.25) is 5.91 Å². The van der Waals surface area contributed by atoms with Gasteiger partial charge in [0.1, 0.15) is 0 Å². The first-order valence-corrected chi connectivity index (χ1v) is 7.42. The molecule has 1 aromatic rings. The molecule has 0 saturated heterocycles. The summed E-state index contributed by atoms with van der Waals surface area (Å²) >= 11 is 0. The van der Waals surface area contributed by atoms with E-state index in [1.165, 1.54) is 5.56 Å². The molecular weight excluding hydrogens is 250 g/mol. The second kappa shape index (κ2) is 5.96. The quantitative estimate of drug-likeness (QED) is 0.917. The van der Waals surface area contributed by atoms with Crippen molar-refractivity contribution in [3.05, 3.63) is 34.9 Å². The summed E-state index contributed by atoms with van der Waals surface area (Å²) in [6, 6.07) is 6.20. The molecule has 0 aromatic heterocycles. The predicted molar refractivity (Wildman–Crippen MR) is 80.7 cm³/mol. The normalized spacial score (nSPS) is 17.2. The average Bonchev–Trinajstić information content (AvgIpc) is 2.80. The predicted octanol–water partition coefficient (Wildman–Crippen LogP) is 2.61. The monoisotopic (exact) mass is 275 g/mol. The Morgan fingerprint density at radius 3 is 2.60 bits per heavy atom. The summed E-state index contributed by atoms with van der Waals surface area (Å²) in [5, 5.41) is 10.4. The summed E-state index contributed by atoms with van der Waals surface area (Å²) < 4.78 is 0. The molecule has 20 heavy (non-hydrogen) atoms. The Labute approximate surface area is 121 Å². The van der Waals surface area contributed by atoms with Crippen LogP contribution in [-0.2, 0) is 11.2 Å². The number of likely N-dealkylation sites (N-methyl/N-ethyl adjacent to an activating group) is 1. The number of amides is 1. The molecule has 1 N–H and O–H groups in total. The lowest BCUT2D eigenvalue weighted by Gasteiger charge is -2.28. The van der Waals surface area contributed by atoms with Crippen LogP contribution in [0.5, 0.6) is 0 Å². The van der Waals surface area contributed by atoms with Crippen LogP contribution in [0.2, 0.25) is 0 Å². The van der Waals surface area contributed by atoms with E-state index in [1.54, 1.807) is 11.9 Å². The number of carbonyl (C=O) groups is 1. The van der Waals surface area contributed by atoms with Crippen molar-refractivity contribution in [2.75, 3.05) is 13.6 Å². The first kappa shape index (κ1) is 15.0. The molecule has 1 amide bonds. The molecule has 1 saturated carbocycles. The van der Waals surface area contributed by atoms with E-state index in [0.717, 1.165) is 36.8 Å². The minimum absolute atomic E-state index is 0.0824. The fourth-order valence-electron chi connectivity index (χ4n) is 3.01. The summed E-state index contributed by atoms with van der Waals surface area (Å²) in [7, 11) is 1.80. The molecule has 3 nitrogen and oxygen atoms in total. The number of hydrogen-bond acceptors (Lipinski definition) is 2. The Bertz CT molecular complexity index is 490. The highest BCUT2D eigenvalue weighted by molar-refractivity contribution is 5.79. The minimum atomic E-state index is -0.661.